The molecule has 0 spiro atoms. The summed E-state index contributed by atoms with van der Waals surface area (Å²) in [7, 11) is -10.3. The molecule has 2 unspecified atom stereocenters. The number of phosphoric acid groups is 2. The van der Waals surface area contributed by atoms with Crippen LogP contribution in [-0.2, 0) is 54.9 Å². The average Bonchev–Trinajstić information content (AvgIpc) is 3.38. The predicted molar refractivity (Wildman–Crippen MR) is 181 cm³/mol. The Morgan fingerprint density at radius 1 is 1.00 bits per heavy atom. The molecule has 53 heavy (non-hydrogen) atoms. The van der Waals surface area contributed by atoms with Crippen molar-refractivity contribution in [1.29, 1.82) is 0 Å². The van der Waals surface area contributed by atoms with Crippen LogP contribution in [0.3, 0.4) is 0 Å². The molecule has 4 atom stereocenters. The van der Waals surface area contributed by atoms with E-state index in [9.17, 15) is 38.4 Å². The Bertz CT molecular complexity index is 1620. The number of nitrogen functional groups attached to an aromatic ring is 1. The van der Waals surface area contributed by atoms with E-state index < -0.39 is 58.6 Å². The van der Waals surface area contributed by atoms with E-state index in [1.54, 1.807) is 24.3 Å². The van der Waals surface area contributed by atoms with E-state index in [1.165, 1.54) is 6.20 Å². The molecule has 0 bridgehead atoms. The zero-order valence-electron chi connectivity index (χ0n) is 28.7. The Morgan fingerprint density at radius 3 is 2.40 bits per heavy atom. The second-order valence-electron chi connectivity index (χ2n) is 11.3. The Balaban J connectivity index is 1.40. The molecule has 0 saturated carbocycles. The second kappa shape index (κ2) is 21.4. The highest BCUT2D eigenvalue weighted by Gasteiger charge is 2.49. The lowest BCUT2D eigenvalue weighted by Gasteiger charge is -2.21. The van der Waals surface area contributed by atoms with E-state index in [0.717, 1.165) is 4.57 Å². The maximum absolute atomic E-state index is 12.6. The quantitative estimate of drug-likeness (QED) is 0.0517. The number of rotatable bonds is 23. The minimum absolute atomic E-state index is 0.0344. The topological polar surface area (TPSA) is 319 Å². The zero-order valence-corrected chi connectivity index (χ0v) is 30.5. The van der Waals surface area contributed by atoms with Gasteiger partial charge in [0.1, 0.15) is 43.1 Å². The fraction of sp³-hybridized carbons (Fsp3) is 0.586. The molecule has 1 aliphatic rings. The molecule has 24 heteroatoms. The number of nitrogens with one attached hydrogen (secondary N) is 2. The minimum atomic E-state index is -5.24. The van der Waals surface area contributed by atoms with Crippen LogP contribution in [0.15, 0.2) is 35.3 Å². The van der Waals surface area contributed by atoms with Gasteiger partial charge in [-0.1, -0.05) is 12.1 Å². The minimum Gasteiger partial charge on any atom is -0.492 e. The van der Waals surface area contributed by atoms with Gasteiger partial charge in [0.25, 0.3) is 0 Å². The molecule has 0 radical (unpaired) electrons. The van der Waals surface area contributed by atoms with E-state index in [4.69, 9.17) is 39.2 Å². The van der Waals surface area contributed by atoms with Crippen molar-refractivity contribution >= 4 is 33.5 Å². The first kappa shape index (κ1) is 43.9. The van der Waals surface area contributed by atoms with Gasteiger partial charge in [0, 0.05) is 31.3 Å². The molecule has 2 amide bonds. The molecule has 1 aliphatic heterocycles. The van der Waals surface area contributed by atoms with Gasteiger partial charge in [-0.2, -0.15) is 4.98 Å². The first-order valence-electron chi connectivity index (χ1n) is 16.3. The van der Waals surface area contributed by atoms with E-state index in [-0.39, 0.29) is 56.3 Å². The summed E-state index contributed by atoms with van der Waals surface area (Å²) in [6.45, 7) is 3.41. The van der Waals surface area contributed by atoms with Gasteiger partial charge in [0.15, 0.2) is 6.23 Å². The largest absolute Gasteiger partial charge is 0.492 e. The molecular formula is C29H45N5O17P2. The van der Waals surface area contributed by atoms with E-state index in [2.05, 4.69) is 24.7 Å². The number of hydrogen-bond acceptors (Lipinski definition) is 15. The van der Waals surface area contributed by atoms with Gasteiger partial charge < -0.3 is 64.7 Å². The average molecular weight is 798 g/mol. The Labute approximate surface area is 303 Å². The van der Waals surface area contributed by atoms with Crippen molar-refractivity contribution in [3.63, 3.8) is 0 Å². The number of ether oxygens (including phenoxy) is 5. The van der Waals surface area contributed by atoms with Crippen LogP contribution in [0.5, 0.6) is 5.75 Å². The number of hydrogen-bond donors (Lipinski definition) is 8. The third-order valence-electron chi connectivity index (χ3n) is 7.24. The van der Waals surface area contributed by atoms with Crippen LogP contribution in [0.1, 0.15) is 37.1 Å². The lowest BCUT2D eigenvalue weighted by atomic mass is 10.1. The molecule has 1 aromatic heterocycles. The number of carbonyl (C=O) groups excluding carboxylic acids is 2. The monoisotopic (exact) mass is 797 g/mol. The van der Waals surface area contributed by atoms with Crippen molar-refractivity contribution in [3.05, 3.63) is 52.1 Å². The van der Waals surface area contributed by atoms with E-state index in [1.807, 2.05) is 6.92 Å². The number of aliphatic hydroxyl groups excluding tert-OH is 1. The first-order valence-corrected chi connectivity index (χ1v) is 19.3. The molecule has 9 N–H and O–H groups in total. The molecule has 1 saturated heterocycles. The van der Waals surface area contributed by atoms with Crippen LogP contribution in [0.2, 0.25) is 0 Å². The maximum Gasteiger partial charge on any atom is 0.470 e. The zero-order chi connectivity index (χ0) is 39.0. The number of aliphatic hydroxyl groups is 1. The van der Waals surface area contributed by atoms with Crippen molar-refractivity contribution in [2.24, 2.45) is 0 Å². The van der Waals surface area contributed by atoms with Crippen LogP contribution in [0.25, 0.3) is 0 Å². The third-order valence-corrected chi connectivity index (χ3v) is 8.24. The number of aromatic nitrogens is 2. The molecule has 0 aliphatic carbocycles. The summed E-state index contributed by atoms with van der Waals surface area (Å²) < 4.78 is 59.1. The number of alkyl carbamates (subject to hydrolysis) is 1. The van der Waals surface area contributed by atoms with Crippen molar-refractivity contribution in [2.75, 3.05) is 58.5 Å². The van der Waals surface area contributed by atoms with Crippen molar-refractivity contribution in [1.82, 2.24) is 20.2 Å². The summed E-state index contributed by atoms with van der Waals surface area (Å²) in [6.07, 6.45) is -5.92. The lowest BCUT2D eigenvalue weighted by molar-refractivity contribution is -0.122. The summed E-state index contributed by atoms with van der Waals surface area (Å²) >= 11 is 0. The van der Waals surface area contributed by atoms with Gasteiger partial charge in [-0.25, -0.2) is 18.7 Å². The van der Waals surface area contributed by atoms with Gasteiger partial charge in [-0.05, 0) is 37.5 Å². The van der Waals surface area contributed by atoms with E-state index in [0.29, 0.717) is 44.3 Å². The SMILES string of the molecule is CCOCCOCCC(=O)NCCOc1ccc(COC(=O)NCCCc2cn([C@@H]3O[C@H](COP(=O)(O)O)C(OP(=O)(O)O)C3O)c(=O)nc2N)cc1. The van der Waals surface area contributed by atoms with Crippen molar-refractivity contribution in [2.45, 2.75) is 57.3 Å². The molecule has 22 nitrogen and oxygen atoms in total. The number of aryl methyl sites for hydroxylation is 1. The molecule has 2 heterocycles. The van der Waals surface area contributed by atoms with Gasteiger partial charge >= 0.3 is 27.4 Å². The van der Waals surface area contributed by atoms with Crippen molar-refractivity contribution < 1.29 is 76.1 Å². The fourth-order valence-corrected chi connectivity index (χ4v) is 5.69. The highest BCUT2D eigenvalue weighted by atomic mass is 31.2. The van der Waals surface area contributed by atoms with Crippen molar-refractivity contribution in [3.8, 4) is 5.75 Å². The van der Waals surface area contributed by atoms with Crippen LogP contribution in [0, 0.1) is 0 Å². The van der Waals surface area contributed by atoms with Crippen LogP contribution in [0.4, 0.5) is 10.6 Å². The first-order chi connectivity index (χ1) is 25.1. The maximum atomic E-state index is 12.6. The molecule has 2 aromatic rings. The fourth-order valence-electron chi connectivity index (χ4n) is 4.77. The molecule has 298 valence electrons. The van der Waals surface area contributed by atoms with Crippen LogP contribution >= 0.6 is 15.6 Å². The Morgan fingerprint density at radius 2 is 1.72 bits per heavy atom. The number of nitrogens with zero attached hydrogens (tertiary/aromatic N) is 2. The van der Waals surface area contributed by atoms with Gasteiger partial charge in [0.05, 0.1) is 33.0 Å². The van der Waals surface area contributed by atoms with Crippen LogP contribution in [-0.4, -0.2) is 117 Å². The normalized spacial score (nSPS) is 18.8. The molecular weight excluding hydrogens is 752 g/mol. The highest BCUT2D eigenvalue weighted by molar-refractivity contribution is 7.46. The smallest absolute Gasteiger partial charge is 0.470 e. The Hall–Kier alpha value is -3.50. The Kier molecular flexibility index (Phi) is 17.7. The summed E-state index contributed by atoms with van der Waals surface area (Å²) in [6, 6.07) is 6.81. The summed E-state index contributed by atoms with van der Waals surface area (Å²) in [5.41, 5.74) is 5.84. The molecule has 1 fully saturated rings. The summed E-state index contributed by atoms with van der Waals surface area (Å²) in [5, 5.41) is 16.0. The predicted octanol–water partition coefficient (Wildman–Crippen LogP) is -0.532. The highest BCUT2D eigenvalue weighted by Crippen LogP contribution is 2.45. The lowest BCUT2D eigenvalue weighted by Crippen LogP contribution is -2.38. The van der Waals surface area contributed by atoms with Gasteiger partial charge in [-0.15, -0.1) is 0 Å². The van der Waals surface area contributed by atoms with Gasteiger partial charge in [-0.3, -0.25) is 18.4 Å². The standard InChI is InChI=1S/C29H45N5O17P2/c1-2-45-14-15-46-12-9-23(35)31-11-13-47-21-7-5-19(6-8-21)17-48-29(38)32-10-3-4-20-16-34(28(37)33-26(20)30)27-24(36)25(51-53(42,43)44)22(50-27)18-49-52(39,40)41/h5-8,16,22,24-25,27,36H,2-4,9-15,17-18H2,1H3,(H,31,35)(H,32,38)(H2,30,33,37)(H2,39,40,41)(H2,42,43,44)/t22-,24?,25?,27-/m1/s1. The number of phosphoric ester groups is 2. The number of anilines is 1. The summed E-state index contributed by atoms with van der Waals surface area (Å²) in [4.78, 5) is 76.9. The van der Waals surface area contributed by atoms with Crippen LogP contribution < -0.4 is 26.8 Å². The second-order valence-corrected chi connectivity index (χ2v) is 13.7. The third kappa shape index (κ3) is 16.2. The number of carbonyl (C=O) groups is 2. The van der Waals surface area contributed by atoms with Gasteiger partial charge in [0.2, 0.25) is 5.91 Å². The van der Waals surface area contributed by atoms with E-state index >= 15 is 0 Å². The molecule has 1 aromatic carbocycles. The number of amides is 2. The summed E-state index contributed by atoms with van der Waals surface area (Å²) in [5.74, 6) is 0.236. The number of benzene rings is 1. The molecule has 3 rings (SSSR count). The number of nitrogens with two attached hydrogens (primary N) is 1.